The summed E-state index contributed by atoms with van der Waals surface area (Å²) in [5, 5.41) is 7.88. The normalized spacial score (nSPS) is 10.6. The second kappa shape index (κ2) is 4.61. The zero-order chi connectivity index (χ0) is 7.94. The maximum absolute atomic E-state index is 3.99. The zero-order valence-corrected chi connectivity index (χ0v) is 6.70. The van der Waals surface area contributed by atoms with Crippen molar-refractivity contribution in [1.82, 2.24) is 0 Å². The van der Waals surface area contributed by atoms with E-state index in [1.807, 2.05) is 25.1 Å². The predicted octanol–water partition coefficient (Wildman–Crippen LogP) is 2.66. The molecule has 2 heteroatoms. The lowest BCUT2D eigenvalue weighted by molar-refractivity contribution is 0.876. The minimum Gasteiger partial charge on any atom is -0.194 e. The second-order valence-electron chi connectivity index (χ2n) is 2.24. The van der Waals surface area contributed by atoms with Gasteiger partial charge in [0.05, 0.1) is 13.1 Å². The molecule has 0 aliphatic rings. The van der Waals surface area contributed by atoms with Crippen molar-refractivity contribution in [2.45, 2.75) is 13.5 Å². The molecule has 2 nitrogen and oxygen atoms in total. The molecule has 1 aromatic rings. The molecule has 0 atom stereocenters. The van der Waals surface area contributed by atoms with E-state index in [9.17, 15) is 0 Å². The lowest BCUT2D eigenvalue weighted by atomic mass is 10.2. The van der Waals surface area contributed by atoms with Gasteiger partial charge >= 0.3 is 0 Å². The third-order valence-corrected chi connectivity index (χ3v) is 1.34. The van der Waals surface area contributed by atoms with Crippen LogP contribution in [0.15, 0.2) is 40.6 Å². The van der Waals surface area contributed by atoms with Crippen molar-refractivity contribution in [3.05, 3.63) is 35.9 Å². The van der Waals surface area contributed by atoms with E-state index in [0.29, 0.717) is 6.54 Å². The van der Waals surface area contributed by atoms with Crippen LogP contribution in [0.3, 0.4) is 0 Å². The van der Waals surface area contributed by atoms with Crippen LogP contribution in [0, 0.1) is 0 Å². The highest BCUT2D eigenvalue weighted by Crippen LogP contribution is 1.99. The fourth-order valence-corrected chi connectivity index (χ4v) is 0.815. The molecule has 0 N–H and O–H groups in total. The van der Waals surface area contributed by atoms with E-state index in [1.54, 1.807) is 0 Å². The Kier molecular flexibility index (Phi) is 3.32. The number of hydrogen-bond acceptors (Lipinski definition) is 2. The van der Waals surface area contributed by atoms with Crippen LogP contribution in [-0.4, -0.2) is 6.54 Å². The van der Waals surface area contributed by atoms with Gasteiger partial charge in [0.1, 0.15) is 0 Å². The van der Waals surface area contributed by atoms with E-state index >= 15 is 0 Å². The average molecular weight is 148 g/mol. The molecular weight excluding hydrogens is 136 g/mol. The summed E-state index contributed by atoms with van der Waals surface area (Å²) in [7, 11) is 0. The highest BCUT2D eigenvalue weighted by atomic mass is 15.1. The number of nitrogens with zero attached hydrogens (tertiary/aromatic N) is 2. The summed E-state index contributed by atoms with van der Waals surface area (Å²) < 4.78 is 0. The van der Waals surface area contributed by atoms with Gasteiger partial charge in [0.25, 0.3) is 0 Å². The lowest BCUT2D eigenvalue weighted by Gasteiger charge is -1.91. The van der Waals surface area contributed by atoms with Crippen molar-refractivity contribution in [1.29, 1.82) is 0 Å². The SMILES string of the molecule is CC/N=N/Cc1ccccc1. The standard InChI is InChI=1S/C9H12N2/c1-2-10-11-8-9-6-4-3-5-7-9/h3-7H,2,8H2,1H3/b11-10+. The van der Waals surface area contributed by atoms with Crippen LogP contribution in [-0.2, 0) is 6.54 Å². The molecule has 0 amide bonds. The second-order valence-corrected chi connectivity index (χ2v) is 2.24. The van der Waals surface area contributed by atoms with E-state index in [2.05, 4.69) is 22.4 Å². The van der Waals surface area contributed by atoms with E-state index in [1.165, 1.54) is 5.56 Å². The summed E-state index contributed by atoms with van der Waals surface area (Å²) in [6.45, 7) is 3.45. The summed E-state index contributed by atoms with van der Waals surface area (Å²) in [6, 6.07) is 10.1. The fourth-order valence-electron chi connectivity index (χ4n) is 0.815. The molecule has 0 aliphatic heterocycles. The van der Waals surface area contributed by atoms with Crippen LogP contribution in [0.4, 0.5) is 0 Å². The molecule has 1 aromatic carbocycles. The van der Waals surface area contributed by atoms with Crippen molar-refractivity contribution in [3.63, 3.8) is 0 Å². The first-order valence-corrected chi connectivity index (χ1v) is 3.80. The van der Waals surface area contributed by atoms with Gasteiger partial charge in [0.15, 0.2) is 0 Å². The van der Waals surface area contributed by atoms with Gasteiger partial charge in [-0.15, -0.1) is 0 Å². The minimum atomic E-state index is 0.703. The van der Waals surface area contributed by atoms with Crippen LogP contribution < -0.4 is 0 Å². The molecule has 0 saturated heterocycles. The van der Waals surface area contributed by atoms with Crippen molar-refractivity contribution in [2.75, 3.05) is 6.54 Å². The zero-order valence-electron chi connectivity index (χ0n) is 6.70. The van der Waals surface area contributed by atoms with Gasteiger partial charge in [0, 0.05) is 0 Å². The van der Waals surface area contributed by atoms with Crippen LogP contribution in [0.25, 0.3) is 0 Å². The van der Waals surface area contributed by atoms with E-state index in [-0.39, 0.29) is 0 Å². The monoisotopic (exact) mass is 148 g/mol. The first kappa shape index (κ1) is 7.92. The fraction of sp³-hybridized carbons (Fsp3) is 0.333. The predicted molar refractivity (Wildman–Crippen MR) is 45.5 cm³/mol. The van der Waals surface area contributed by atoms with Gasteiger partial charge in [-0.2, -0.15) is 10.2 Å². The molecule has 0 aliphatic carbocycles. The lowest BCUT2D eigenvalue weighted by Crippen LogP contribution is -1.78. The quantitative estimate of drug-likeness (QED) is 0.589. The van der Waals surface area contributed by atoms with E-state index in [0.717, 1.165) is 6.54 Å². The van der Waals surface area contributed by atoms with Crippen LogP contribution in [0.1, 0.15) is 12.5 Å². The molecule has 0 heterocycles. The number of rotatable bonds is 3. The van der Waals surface area contributed by atoms with Crippen LogP contribution in [0.2, 0.25) is 0 Å². The molecule has 0 spiro atoms. The van der Waals surface area contributed by atoms with Gasteiger partial charge in [-0.25, -0.2) is 0 Å². The Morgan fingerprint density at radius 2 is 1.82 bits per heavy atom. The maximum atomic E-state index is 3.99. The Morgan fingerprint density at radius 3 is 2.45 bits per heavy atom. The summed E-state index contributed by atoms with van der Waals surface area (Å²) in [4.78, 5) is 0. The van der Waals surface area contributed by atoms with Gasteiger partial charge < -0.3 is 0 Å². The molecule has 58 valence electrons. The molecule has 0 saturated carbocycles. The van der Waals surface area contributed by atoms with Crippen molar-refractivity contribution in [2.24, 2.45) is 10.2 Å². The number of benzene rings is 1. The smallest absolute Gasteiger partial charge is 0.0849 e. The molecule has 0 radical (unpaired) electrons. The average Bonchev–Trinajstić information content (AvgIpc) is 2.07. The summed E-state index contributed by atoms with van der Waals surface area (Å²) >= 11 is 0. The maximum Gasteiger partial charge on any atom is 0.0849 e. The van der Waals surface area contributed by atoms with E-state index in [4.69, 9.17) is 0 Å². The highest BCUT2D eigenvalue weighted by Gasteiger charge is 1.85. The molecule has 0 unspecified atom stereocenters. The van der Waals surface area contributed by atoms with Crippen LogP contribution in [0.5, 0.6) is 0 Å². The van der Waals surface area contributed by atoms with Gasteiger partial charge in [-0.1, -0.05) is 30.3 Å². The van der Waals surface area contributed by atoms with Gasteiger partial charge in [-0.05, 0) is 12.5 Å². The summed E-state index contributed by atoms with van der Waals surface area (Å²) in [5.41, 5.74) is 1.21. The minimum absolute atomic E-state index is 0.703. The summed E-state index contributed by atoms with van der Waals surface area (Å²) in [5.74, 6) is 0. The first-order chi connectivity index (χ1) is 5.43. The third-order valence-electron chi connectivity index (χ3n) is 1.34. The largest absolute Gasteiger partial charge is 0.194 e. The van der Waals surface area contributed by atoms with E-state index < -0.39 is 0 Å². The van der Waals surface area contributed by atoms with Crippen LogP contribution >= 0.6 is 0 Å². The highest BCUT2D eigenvalue weighted by molar-refractivity contribution is 5.13. The Balaban J connectivity index is 2.45. The van der Waals surface area contributed by atoms with Gasteiger partial charge in [0.2, 0.25) is 0 Å². The number of hydrogen-bond donors (Lipinski definition) is 0. The Labute approximate surface area is 67.0 Å². The molecule has 0 fully saturated rings. The first-order valence-electron chi connectivity index (χ1n) is 3.80. The number of azo groups is 1. The van der Waals surface area contributed by atoms with Crippen molar-refractivity contribution >= 4 is 0 Å². The molecule has 1 rings (SSSR count). The van der Waals surface area contributed by atoms with Crippen molar-refractivity contribution in [3.8, 4) is 0 Å². The van der Waals surface area contributed by atoms with Crippen molar-refractivity contribution < 1.29 is 0 Å². The summed E-state index contributed by atoms with van der Waals surface area (Å²) in [6.07, 6.45) is 0. The Bertz CT molecular complexity index is 216. The molecule has 11 heavy (non-hydrogen) atoms. The molecule has 0 aromatic heterocycles. The Morgan fingerprint density at radius 1 is 1.09 bits per heavy atom. The molecular formula is C9H12N2. The Hall–Kier alpha value is -1.18. The van der Waals surface area contributed by atoms with Gasteiger partial charge in [-0.3, -0.25) is 0 Å². The third kappa shape index (κ3) is 2.94. The molecule has 0 bridgehead atoms. The topological polar surface area (TPSA) is 24.7 Å².